The van der Waals surface area contributed by atoms with Crippen molar-refractivity contribution in [2.24, 2.45) is 11.8 Å². The molecule has 6 nitrogen and oxygen atoms in total. The third-order valence-corrected chi connectivity index (χ3v) is 5.33. The lowest BCUT2D eigenvalue weighted by atomic mass is 9.89. The van der Waals surface area contributed by atoms with Crippen molar-refractivity contribution >= 4 is 5.97 Å². The number of hydrogen-bond acceptors (Lipinski definition) is 6. The first kappa shape index (κ1) is 25.1. The smallest absolute Gasteiger partial charge is 0.306 e. The lowest BCUT2D eigenvalue weighted by Crippen LogP contribution is -2.21. The van der Waals surface area contributed by atoms with Crippen LogP contribution in [-0.2, 0) is 9.53 Å². The Bertz CT molecular complexity index is 699. The third kappa shape index (κ3) is 9.25. The van der Waals surface area contributed by atoms with Gasteiger partial charge in [-0.05, 0) is 51.2 Å². The van der Waals surface area contributed by atoms with E-state index in [2.05, 4.69) is 0 Å². The number of esters is 1. The predicted octanol–water partition coefficient (Wildman–Crippen LogP) is 3.41. The van der Waals surface area contributed by atoms with Crippen LogP contribution in [0.3, 0.4) is 0 Å². The number of carbonyl (C=O) groups excluding carboxylic acids is 1. The van der Waals surface area contributed by atoms with Gasteiger partial charge in [0.25, 0.3) is 0 Å². The van der Waals surface area contributed by atoms with Crippen LogP contribution in [-0.4, -0.2) is 52.3 Å². The molecule has 5 atom stereocenters. The molecule has 0 heterocycles. The van der Waals surface area contributed by atoms with Gasteiger partial charge in [0, 0.05) is 18.8 Å². The summed E-state index contributed by atoms with van der Waals surface area (Å²) < 4.78 is 10.6. The first-order valence-electron chi connectivity index (χ1n) is 11.1. The largest absolute Gasteiger partial charge is 0.491 e. The quantitative estimate of drug-likeness (QED) is 0.266. The monoisotopic (exact) mass is 432 g/mol. The van der Waals surface area contributed by atoms with Gasteiger partial charge in [-0.3, -0.25) is 4.79 Å². The van der Waals surface area contributed by atoms with E-state index >= 15 is 0 Å². The van der Waals surface area contributed by atoms with Crippen LogP contribution in [0.5, 0.6) is 5.75 Å². The Morgan fingerprint density at radius 2 is 1.90 bits per heavy atom. The molecule has 0 saturated heterocycles. The second kappa shape index (κ2) is 13.3. The summed E-state index contributed by atoms with van der Waals surface area (Å²) in [5.41, 5.74) is 0. The summed E-state index contributed by atoms with van der Waals surface area (Å²) >= 11 is 0. The summed E-state index contributed by atoms with van der Waals surface area (Å²) in [5, 5.41) is 30.8. The highest BCUT2D eigenvalue weighted by atomic mass is 16.5. The summed E-state index contributed by atoms with van der Waals surface area (Å²) in [7, 11) is 0. The van der Waals surface area contributed by atoms with Crippen LogP contribution in [0, 0.1) is 11.8 Å². The molecule has 1 aliphatic carbocycles. The maximum Gasteiger partial charge on any atom is 0.306 e. The van der Waals surface area contributed by atoms with Gasteiger partial charge in [-0.2, -0.15) is 0 Å². The minimum absolute atomic E-state index is 0.0910. The van der Waals surface area contributed by atoms with Crippen molar-refractivity contribution in [3.05, 3.63) is 54.6 Å². The van der Waals surface area contributed by atoms with Gasteiger partial charge in [-0.25, -0.2) is 0 Å². The Labute approximate surface area is 185 Å². The first-order chi connectivity index (χ1) is 14.9. The minimum Gasteiger partial charge on any atom is -0.491 e. The normalized spacial score (nSPS) is 24.8. The van der Waals surface area contributed by atoms with Crippen LogP contribution >= 0.6 is 0 Å². The fourth-order valence-electron chi connectivity index (χ4n) is 3.77. The Morgan fingerprint density at radius 3 is 2.61 bits per heavy atom. The zero-order chi connectivity index (χ0) is 22.6. The van der Waals surface area contributed by atoms with Gasteiger partial charge >= 0.3 is 5.97 Å². The summed E-state index contributed by atoms with van der Waals surface area (Å²) in [6.07, 6.45) is 8.12. The molecule has 31 heavy (non-hydrogen) atoms. The maximum atomic E-state index is 11.5. The molecular formula is C25H36O6. The standard InChI is InChI=1S/C25H36O6/c1-18(2)31-25(29)13-9-4-3-8-12-21-22(24(28)16-23(21)27)15-14-19(26)17-30-20-10-6-5-7-11-20/h3,5-8,10-11,14-15,18-19,21-24,26-28H,4,9,12-13,16-17H2,1-2H3/b8-3-,15-14+. The van der Waals surface area contributed by atoms with E-state index in [9.17, 15) is 20.1 Å². The molecule has 6 heteroatoms. The predicted molar refractivity (Wildman–Crippen MR) is 120 cm³/mol. The molecule has 172 valence electrons. The molecule has 0 radical (unpaired) electrons. The van der Waals surface area contributed by atoms with Gasteiger partial charge in [0.15, 0.2) is 0 Å². The Balaban J connectivity index is 1.77. The average molecular weight is 433 g/mol. The molecule has 0 spiro atoms. The summed E-state index contributed by atoms with van der Waals surface area (Å²) in [5.74, 6) is 0.159. The Morgan fingerprint density at radius 1 is 1.16 bits per heavy atom. The van der Waals surface area contributed by atoms with Crippen molar-refractivity contribution in [1.29, 1.82) is 0 Å². The highest BCUT2D eigenvalue weighted by molar-refractivity contribution is 5.69. The maximum absolute atomic E-state index is 11.5. The van der Waals surface area contributed by atoms with Gasteiger partial charge in [-0.1, -0.05) is 42.5 Å². The van der Waals surface area contributed by atoms with Gasteiger partial charge in [0.05, 0.1) is 18.3 Å². The second-order valence-corrected chi connectivity index (χ2v) is 8.33. The van der Waals surface area contributed by atoms with Crippen molar-refractivity contribution in [3.63, 3.8) is 0 Å². The van der Waals surface area contributed by atoms with Gasteiger partial charge in [0.1, 0.15) is 18.5 Å². The topological polar surface area (TPSA) is 96.2 Å². The number of carbonyl (C=O) groups is 1. The van der Waals surface area contributed by atoms with Gasteiger partial charge < -0.3 is 24.8 Å². The zero-order valence-electron chi connectivity index (χ0n) is 18.5. The zero-order valence-corrected chi connectivity index (χ0v) is 18.5. The molecule has 0 aromatic heterocycles. The Hall–Kier alpha value is -2.15. The van der Waals surface area contributed by atoms with Crippen molar-refractivity contribution in [2.45, 2.75) is 70.4 Å². The second-order valence-electron chi connectivity index (χ2n) is 8.33. The molecule has 1 aromatic rings. The van der Waals surface area contributed by atoms with Gasteiger partial charge in [0.2, 0.25) is 0 Å². The van der Waals surface area contributed by atoms with E-state index in [0.29, 0.717) is 25.0 Å². The number of ether oxygens (including phenoxy) is 2. The number of aliphatic hydroxyl groups is 3. The van der Waals surface area contributed by atoms with Crippen LogP contribution in [0.2, 0.25) is 0 Å². The number of aliphatic hydroxyl groups excluding tert-OH is 3. The summed E-state index contributed by atoms with van der Waals surface area (Å²) in [6.45, 7) is 3.79. The van der Waals surface area contributed by atoms with Gasteiger partial charge in [-0.15, -0.1) is 0 Å². The fraction of sp³-hybridized carbons (Fsp3) is 0.560. The fourth-order valence-corrected chi connectivity index (χ4v) is 3.77. The van der Waals surface area contributed by atoms with Crippen molar-refractivity contribution in [2.75, 3.05) is 6.61 Å². The molecular weight excluding hydrogens is 396 g/mol. The Kier molecular flexibility index (Phi) is 10.8. The summed E-state index contributed by atoms with van der Waals surface area (Å²) in [4.78, 5) is 11.5. The molecule has 1 saturated carbocycles. The molecule has 1 aliphatic rings. The van der Waals surface area contributed by atoms with Crippen LogP contribution < -0.4 is 4.74 Å². The molecule has 5 unspecified atom stereocenters. The van der Waals surface area contributed by atoms with E-state index in [-0.39, 0.29) is 30.5 Å². The third-order valence-electron chi connectivity index (χ3n) is 5.33. The number of hydrogen-bond donors (Lipinski definition) is 3. The SMILES string of the molecule is CC(C)OC(=O)CCC/C=C\CC1C(O)CC(O)C1/C=C/C(O)COc1ccccc1. The average Bonchev–Trinajstić information content (AvgIpc) is 3.00. The van der Waals surface area contributed by atoms with E-state index < -0.39 is 18.3 Å². The lowest BCUT2D eigenvalue weighted by molar-refractivity contribution is -0.147. The minimum atomic E-state index is -0.799. The number of benzene rings is 1. The van der Waals surface area contributed by atoms with Crippen LogP contribution in [0.1, 0.15) is 46.0 Å². The van der Waals surface area contributed by atoms with E-state index in [0.717, 1.165) is 12.8 Å². The number of rotatable bonds is 12. The van der Waals surface area contributed by atoms with E-state index in [1.54, 1.807) is 12.2 Å². The molecule has 1 aromatic carbocycles. The van der Waals surface area contributed by atoms with E-state index in [4.69, 9.17) is 9.47 Å². The molecule has 1 fully saturated rings. The number of allylic oxidation sites excluding steroid dienone is 2. The molecule has 0 amide bonds. The molecule has 0 bridgehead atoms. The van der Waals surface area contributed by atoms with Crippen LogP contribution in [0.4, 0.5) is 0 Å². The van der Waals surface area contributed by atoms with E-state index in [1.165, 1.54) is 0 Å². The van der Waals surface area contributed by atoms with Crippen molar-refractivity contribution < 1.29 is 29.6 Å². The highest BCUT2D eigenvalue weighted by Gasteiger charge is 2.39. The van der Waals surface area contributed by atoms with E-state index in [1.807, 2.05) is 56.3 Å². The van der Waals surface area contributed by atoms with Crippen LogP contribution in [0.15, 0.2) is 54.6 Å². The summed E-state index contributed by atoms with van der Waals surface area (Å²) in [6, 6.07) is 9.27. The number of unbranched alkanes of at least 4 members (excludes halogenated alkanes) is 1. The first-order valence-corrected chi connectivity index (χ1v) is 11.1. The molecule has 0 aliphatic heterocycles. The molecule has 3 N–H and O–H groups in total. The lowest BCUT2D eigenvalue weighted by Gasteiger charge is -2.19. The number of para-hydroxylation sites is 1. The van der Waals surface area contributed by atoms with Crippen LogP contribution in [0.25, 0.3) is 0 Å². The highest BCUT2D eigenvalue weighted by Crippen LogP contribution is 2.36. The van der Waals surface area contributed by atoms with Crippen molar-refractivity contribution in [1.82, 2.24) is 0 Å². The van der Waals surface area contributed by atoms with Crippen molar-refractivity contribution in [3.8, 4) is 5.75 Å². The molecule has 2 rings (SSSR count).